The average molecular weight is 317 g/mol. The number of likely N-dealkylation sites (N-methyl/N-ethyl adjacent to an activating group) is 1. The highest BCUT2D eigenvalue weighted by molar-refractivity contribution is 5.35. The Labute approximate surface area is 116 Å². The van der Waals surface area contributed by atoms with Crippen LogP contribution in [-0.2, 0) is 12.4 Å². The number of hydrogen-bond acceptors (Lipinski definition) is 3. The molecular formula is C12H13F6NO2. The van der Waals surface area contributed by atoms with Crippen molar-refractivity contribution in [3.8, 4) is 0 Å². The van der Waals surface area contributed by atoms with Gasteiger partial charge in [0.2, 0.25) is 0 Å². The summed E-state index contributed by atoms with van der Waals surface area (Å²) in [5.74, 6) is 0. The molecule has 1 rings (SSSR count). The first-order valence-electron chi connectivity index (χ1n) is 5.77. The van der Waals surface area contributed by atoms with Crippen LogP contribution in [0.4, 0.5) is 26.3 Å². The molecule has 0 radical (unpaired) electrons. The summed E-state index contributed by atoms with van der Waals surface area (Å²) in [5.41, 5.74) is -3.73. The smallest absolute Gasteiger partial charge is 0.389 e. The molecule has 0 aliphatic carbocycles. The lowest BCUT2D eigenvalue weighted by Gasteiger charge is -2.20. The van der Waals surface area contributed by atoms with E-state index in [-0.39, 0.29) is 12.6 Å². The Bertz CT molecular complexity index is 453. The van der Waals surface area contributed by atoms with Gasteiger partial charge in [0.1, 0.15) is 6.10 Å². The molecule has 1 aromatic carbocycles. The van der Waals surface area contributed by atoms with Gasteiger partial charge in [0, 0.05) is 6.54 Å². The largest absolute Gasteiger partial charge is 0.416 e. The first kappa shape index (κ1) is 17.7. The molecule has 0 fully saturated rings. The number of aliphatic hydroxyl groups excluding tert-OH is 2. The maximum absolute atomic E-state index is 12.6. The van der Waals surface area contributed by atoms with Gasteiger partial charge in [-0.1, -0.05) is 0 Å². The van der Waals surface area contributed by atoms with Crippen LogP contribution >= 0.6 is 0 Å². The van der Waals surface area contributed by atoms with E-state index < -0.39 is 41.3 Å². The van der Waals surface area contributed by atoms with Gasteiger partial charge >= 0.3 is 12.4 Å². The van der Waals surface area contributed by atoms with Crippen molar-refractivity contribution >= 4 is 0 Å². The molecule has 0 aliphatic heterocycles. The molecule has 2 atom stereocenters. The SMILES string of the molecule is CNCC(O)C(O)c1cc(C(F)(F)F)cc(C(F)(F)F)c1. The second kappa shape index (κ2) is 6.20. The molecule has 3 nitrogen and oxygen atoms in total. The van der Waals surface area contributed by atoms with E-state index >= 15 is 0 Å². The quantitative estimate of drug-likeness (QED) is 0.747. The summed E-state index contributed by atoms with van der Waals surface area (Å²) in [6.07, 6.45) is -13.4. The van der Waals surface area contributed by atoms with Crippen LogP contribution < -0.4 is 5.32 Å². The Hall–Kier alpha value is -1.32. The maximum Gasteiger partial charge on any atom is 0.416 e. The molecule has 0 aliphatic rings. The van der Waals surface area contributed by atoms with Crippen molar-refractivity contribution in [2.24, 2.45) is 0 Å². The summed E-state index contributed by atoms with van der Waals surface area (Å²) in [7, 11) is 1.41. The number of alkyl halides is 6. The molecule has 21 heavy (non-hydrogen) atoms. The predicted octanol–water partition coefficient (Wildman–Crippen LogP) is 2.34. The van der Waals surface area contributed by atoms with Crippen LogP contribution in [-0.4, -0.2) is 29.9 Å². The van der Waals surface area contributed by atoms with E-state index in [9.17, 15) is 36.6 Å². The highest BCUT2D eigenvalue weighted by atomic mass is 19.4. The van der Waals surface area contributed by atoms with Gasteiger partial charge in [-0.15, -0.1) is 0 Å². The summed E-state index contributed by atoms with van der Waals surface area (Å²) in [6, 6.07) is 0.734. The molecule has 0 heterocycles. The molecule has 1 aromatic rings. The van der Waals surface area contributed by atoms with Crippen molar-refractivity contribution in [2.45, 2.75) is 24.6 Å². The van der Waals surface area contributed by atoms with Gasteiger partial charge in [0.15, 0.2) is 0 Å². The molecule has 0 bridgehead atoms. The Morgan fingerprint density at radius 2 is 1.38 bits per heavy atom. The normalized spacial score (nSPS) is 15.9. The van der Waals surface area contributed by atoms with Gasteiger partial charge in [0.25, 0.3) is 0 Å². The maximum atomic E-state index is 12.6. The average Bonchev–Trinajstić information content (AvgIpc) is 2.35. The minimum absolute atomic E-state index is 0.0410. The van der Waals surface area contributed by atoms with Gasteiger partial charge in [0.05, 0.1) is 17.2 Å². The fraction of sp³-hybridized carbons (Fsp3) is 0.500. The fourth-order valence-corrected chi connectivity index (χ4v) is 1.69. The van der Waals surface area contributed by atoms with Crippen molar-refractivity contribution < 1.29 is 36.6 Å². The van der Waals surface area contributed by atoms with Crippen molar-refractivity contribution in [1.29, 1.82) is 0 Å². The van der Waals surface area contributed by atoms with E-state index in [2.05, 4.69) is 5.32 Å². The molecule has 2 unspecified atom stereocenters. The lowest BCUT2D eigenvalue weighted by atomic mass is 9.98. The third-order valence-corrected chi connectivity index (χ3v) is 2.73. The Morgan fingerprint density at radius 3 is 1.71 bits per heavy atom. The first-order chi connectivity index (χ1) is 9.46. The van der Waals surface area contributed by atoms with Gasteiger partial charge in [-0.05, 0) is 30.8 Å². The van der Waals surface area contributed by atoms with Crippen molar-refractivity contribution in [1.82, 2.24) is 5.32 Å². The molecule has 3 N–H and O–H groups in total. The Kier molecular flexibility index (Phi) is 5.24. The third kappa shape index (κ3) is 4.58. The topological polar surface area (TPSA) is 52.5 Å². The number of nitrogens with one attached hydrogen (secondary N) is 1. The predicted molar refractivity (Wildman–Crippen MR) is 61.3 cm³/mol. The van der Waals surface area contributed by atoms with Crippen LogP contribution in [0.15, 0.2) is 18.2 Å². The summed E-state index contributed by atoms with van der Waals surface area (Å²) in [6.45, 7) is -0.196. The van der Waals surface area contributed by atoms with Gasteiger partial charge in [-0.2, -0.15) is 26.3 Å². The van der Waals surface area contributed by atoms with Crippen LogP contribution in [0.5, 0.6) is 0 Å². The zero-order valence-electron chi connectivity index (χ0n) is 10.8. The van der Waals surface area contributed by atoms with Gasteiger partial charge in [-0.3, -0.25) is 0 Å². The first-order valence-corrected chi connectivity index (χ1v) is 5.77. The Morgan fingerprint density at radius 1 is 0.952 bits per heavy atom. The number of rotatable bonds is 4. The van der Waals surface area contributed by atoms with Crippen LogP contribution in [0.25, 0.3) is 0 Å². The monoisotopic (exact) mass is 317 g/mol. The molecule has 9 heteroatoms. The Balaban J connectivity index is 3.32. The molecule has 0 saturated heterocycles. The molecule has 0 amide bonds. The second-order valence-corrected chi connectivity index (χ2v) is 4.41. The van der Waals surface area contributed by atoms with E-state index in [4.69, 9.17) is 0 Å². The lowest BCUT2D eigenvalue weighted by molar-refractivity contribution is -0.143. The third-order valence-electron chi connectivity index (χ3n) is 2.73. The summed E-state index contributed by atoms with van der Waals surface area (Å²) < 4.78 is 75.7. The van der Waals surface area contributed by atoms with Crippen LogP contribution in [0.3, 0.4) is 0 Å². The minimum Gasteiger partial charge on any atom is -0.389 e. The van der Waals surface area contributed by atoms with Crippen molar-refractivity contribution in [2.75, 3.05) is 13.6 Å². The van der Waals surface area contributed by atoms with E-state index in [1.807, 2.05) is 0 Å². The second-order valence-electron chi connectivity index (χ2n) is 4.41. The van der Waals surface area contributed by atoms with Crippen LogP contribution in [0, 0.1) is 0 Å². The number of aliphatic hydroxyl groups is 2. The summed E-state index contributed by atoms with van der Waals surface area (Å²) in [5, 5.41) is 21.6. The zero-order chi connectivity index (χ0) is 16.4. The number of benzene rings is 1. The van der Waals surface area contributed by atoms with Crippen molar-refractivity contribution in [3.63, 3.8) is 0 Å². The van der Waals surface area contributed by atoms with E-state index in [0.717, 1.165) is 0 Å². The van der Waals surface area contributed by atoms with Crippen LogP contribution in [0.1, 0.15) is 22.8 Å². The molecular weight excluding hydrogens is 304 g/mol. The van der Waals surface area contributed by atoms with Gasteiger partial charge in [-0.25, -0.2) is 0 Å². The molecule has 0 spiro atoms. The highest BCUT2D eigenvalue weighted by Gasteiger charge is 2.37. The zero-order valence-corrected chi connectivity index (χ0v) is 10.8. The minimum atomic E-state index is -5.00. The highest BCUT2D eigenvalue weighted by Crippen LogP contribution is 2.37. The van der Waals surface area contributed by atoms with Crippen molar-refractivity contribution in [3.05, 3.63) is 34.9 Å². The van der Waals surface area contributed by atoms with E-state index in [0.29, 0.717) is 12.1 Å². The summed E-state index contributed by atoms with van der Waals surface area (Å²) >= 11 is 0. The van der Waals surface area contributed by atoms with Gasteiger partial charge < -0.3 is 15.5 Å². The summed E-state index contributed by atoms with van der Waals surface area (Å²) in [4.78, 5) is 0. The number of hydrogen-bond donors (Lipinski definition) is 3. The molecule has 120 valence electrons. The molecule has 0 saturated carbocycles. The standard InChI is InChI=1S/C12H13F6NO2/c1-19-5-9(20)10(21)6-2-7(11(13,14)15)4-8(3-6)12(16,17)18/h2-4,9-10,19-21H,5H2,1H3. The number of halogens is 6. The molecule has 0 aromatic heterocycles. The lowest BCUT2D eigenvalue weighted by Crippen LogP contribution is -2.30. The van der Waals surface area contributed by atoms with E-state index in [1.54, 1.807) is 0 Å². The fourth-order valence-electron chi connectivity index (χ4n) is 1.69. The van der Waals surface area contributed by atoms with E-state index in [1.165, 1.54) is 7.05 Å². The van der Waals surface area contributed by atoms with Crippen LogP contribution in [0.2, 0.25) is 0 Å².